The molecule has 0 bridgehead atoms. The van der Waals surface area contributed by atoms with Crippen molar-refractivity contribution in [1.82, 2.24) is 40.7 Å². The summed E-state index contributed by atoms with van der Waals surface area (Å²) in [6.07, 6.45) is 1.76. The Kier molecular flexibility index (Phi) is 6.83. The Bertz CT molecular complexity index is 950. The van der Waals surface area contributed by atoms with Crippen molar-refractivity contribution in [3.8, 4) is 0 Å². The number of carbonyl (C=O) groups is 2. The molecular weight excluding hydrogens is 479 g/mol. The molecule has 5 fully saturated rings. The quantitative estimate of drug-likeness (QED) is 0.308. The second-order valence-corrected chi connectivity index (χ2v) is 12.8. The number of hydrogen-bond donors (Lipinski definition) is 4. The number of carbonyl (C=O) groups excluding carboxylic acids is 2. The van der Waals surface area contributed by atoms with Gasteiger partial charge in [-0.25, -0.2) is 37.8 Å². The van der Waals surface area contributed by atoms with Crippen molar-refractivity contribution in [3.05, 3.63) is 0 Å². The summed E-state index contributed by atoms with van der Waals surface area (Å²) < 4.78 is 42.2. The SMILES string of the molecule is CN1CC(CN2C(=O)C3CC(S(=O)(=O)NC4(CF)CC4)CCC3N(CC3NCNN3C)C2=O)CN1. The number of nitrogens with zero attached hydrogens (tertiary/aromatic N) is 4. The molecule has 0 spiro atoms. The Balaban J connectivity index is 1.37. The van der Waals surface area contributed by atoms with Gasteiger partial charge in [0.1, 0.15) is 6.67 Å². The average molecular weight is 517 g/mol. The molecule has 3 aliphatic heterocycles. The molecule has 5 atom stereocenters. The zero-order valence-electron chi connectivity index (χ0n) is 20.4. The highest BCUT2D eigenvalue weighted by Gasteiger charge is 2.53. The molecule has 0 aromatic carbocycles. The van der Waals surface area contributed by atoms with Crippen molar-refractivity contribution in [2.75, 3.05) is 53.6 Å². The Hall–Kier alpha value is -1.42. The molecule has 198 valence electrons. The monoisotopic (exact) mass is 516 g/mol. The van der Waals surface area contributed by atoms with E-state index in [1.165, 1.54) is 4.90 Å². The minimum absolute atomic E-state index is 0.101. The molecule has 5 aliphatic rings. The third-order valence-corrected chi connectivity index (χ3v) is 10.3. The van der Waals surface area contributed by atoms with Crippen LogP contribution in [-0.2, 0) is 14.8 Å². The number of halogens is 1. The van der Waals surface area contributed by atoms with E-state index in [4.69, 9.17) is 0 Å². The minimum Gasteiger partial charge on any atom is -0.318 e. The fourth-order valence-corrected chi connectivity index (χ4v) is 7.83. The zero-order chi connectivity index (χ0) is 25.0. The van der Waals surface area contributed by atoms with Crippen molar-refractivity contribution in [1.29, 1.82) is 0 Å². The minimum atomic E-state index is -3.79. The van der Waals surface area contributed by atoms with E-state index in [2.05, 4.69) is 20.9 Å². The van der Waals surface area contributed by atoms with E-state index < -0.39 is 33.4 Å². The molecular formula is C21H37FN8O4S. The topological polar surface area (TPSA) is 129 Å². The van der Waals surface area contributed by atoms with Crippen molar-refractivity contribution in [2.24, 2.45) is 11.8 Å². The first-order valence-corrected chi connectivity index (χ1v) is 14.0. The standard InChI is InChI=1S/C21H37FN8O4S/c1-27-9-14(8-24-27)10-30-19(31)16-7-15(35(33,34)26-21(12-22)5-6-21)3-4-17(16)29(20(30)32)11-18-23-13-25-28(18)2/h14-18,23-26H,3-13H2,1-2H3. The van der Waals surface area contributed by atoms with Crippen LogP contribution in [0.2, 0.25) is 0 Å². The molecule has 3 heterocycles. The van der Waals surface area contributed by atoms with Gasteiger partial charge in [-0.05, 0) is 32.1 Å². The number of hydrazine groups is 2. The van der Waals surface area contributed by atoms with Crippen LogP contribution < -0.4 is 20.9 Å². The van der Waals surface area contributed by atoms with Gasteiger partial charge in [-0.1, -0.05) is 0 Å². The Morgan fingerprint density at radius 2 is 1.91 bits per heavy atom. The first-order valence-electron chi connectivity index (χ1n) is 12.5. The molecule has 0 aromatic rings. The Labute approximate surface area is 205 Å². The van der Waals surface area contributed by atoms with Crippen molar-refractivity contribution < 1.29 is 22.4 Å². The Morgan fingerprint density at radius 1 is 1.14 bits per heavy atom. The summed E-state index contributed by atoms with van der Waals surface area (Å²) in [7, 11) is 0.0318. The number of rotatable bonds is 8. The number of urea groups is 1. The fourth-order valence-electron chi connectivity index (χ4n) is 5.90. The predicted molar refractivity (Wildman–Crippen MR) is 126 cm³/mol. The van der Waals surface area contributed by atoms with E-state index in [0.717, 1.165) is 0 Å². The maximum Gasteiger partial charge on any atom is 0.327 e. The van der Waals surface area contributed by atoms with Crippen LogP contribution in [0, 0.1) is 11.8 Å². The van der Waals surface area contributed by atoms with E-state index in [1.807, 2.05) is 24.1 Å². The third-order valence-electron chi connectivity index (χ3n) is 8.26. The summed E-state index contributed by atoms with van der Waals surface area (Å²) in [5.41, 5.74) is 5.40. The molecule has 2 saturated carbocycles. The predicted octanol–water partition coefficient (Wildman–Crippen LogP) is -1.40. The lowest BCUT2D eigenvalue weighted by Gasteiger charge is -2.49. The molecule has 0 aromatic heterocycles. The molecule has 0 radical (unpaired) electrons. The van der Waals surface area contributed by atoms with E-state index in [9.17, 15) is 22.4 Å². The van der Waals surface area contributed by atoms with Crippen LogP contribution in [0.3, 0.4) is 0 Å². The summed E-state index contributed by atoms with van der Waals surface area (Å²) in [6, 6.07) is -0.657. The first-order chi connectivity index (χ1) is 16.6. The van der Waals surface area contributed by atoms with E-state index >= 15 is 0 Å². The van der Waals surface area contributed by atoms with E-state index in [0.29, 0.717) is 58.5 Å². The van der Waals surface area contributed by atoms with Gasteiger partial charge in [0.25, 0.3) is 0 Å². The van der Waals surface area contributed by atoms with Crippen LogP contribution in [0.25, 0.3) is 0 Å². The summed E-state index contributed by atoms with van der Waals surface area (Å²) in [5.74, 6) is -0.789. The van der Waals surface area contributed by atoms with Gasteiger partial charge >= 0.3 is 6.03 Å². The molecule has 5 rings (SSSR count). The molecule has 12 nitrogen and oxygen atoms in total. The van der Waals surface area contributed by atoms with Crippen LogP contribution in [0.5, 0.6) is 0 Å². The summed E-state index contributed by atoms with van der Waals surface area (Å²) in [5, 5.41) is 6.38. The van der Waals surface area contributed by atoms with E-state index in [1.54, 1.807) is 4.90 Å². The number of alkyl halides is 1. The van der Waals surface area contributed by atoms with Crippen LogP contribution in [0.1, 0.15) is 32.1 Å². The number of hydrogen-bond acceptors (Lipinski definition) is 9. The number of nitrogens with one attached hydrogen (secondary N) is 4. The second-order valence-electron chi connectivity index (χ2n) is 10.8. The normalized spacial score (nSPS) is 36.1. The average Bonchev–Trinajstić information content (AvgIpc) is 3.27. The van der Waals surface area contributed by atoms with Gasteiger partial charge in [-0.2, -0.15) is 0 Å². The maximum atomic E-state index is 13.6. The summed E-state index contributed by atoms with van der Waals surface area (Å²) in [4.78, 5) is 30.4. The van der Waals surface area contributed by atoms with Crippen LogP contribution in [-0.4, -0.2) is 117 Å². The lowest BCUT2D eigenvalue weighted by atomic mass is 9.80. The fraction of sp³-hybridized carbons (Fsp3) is 0.905. The lowest BCUT2D eigenvalue weighted by Crippen LogP contribution is -2.66. The van der Waals surface area contributed by atoms with Crippen LogP contribution in [0.15, 0.2) is 0 Å². The Morgan fingerprint density at radius 3 is 2.51 bits per heavy atom. The molecule has 2 aliphatic carbocycles. The lowest BCUT2D eigenvalue weighted by molar-refractivity contribution is -0.141. The van der Waals surface area contributed by atoms with Gasteiger partial charge in [0, 0.05) is 45.7 Å². The van der Waals surface area contributed by atoms with Gasteiger partial charge in [-0.15, -0.1) is 0 Å². The highest BCUT2D eigenvalue weighted by atomic mass is 32.2. The van der Waals surface area contributed by atoms with Gasteiger partial charge in [-0.3, -0.25) is 20.4 Å². The van der Waals surface area contributed by atoms with Crippen molar-refractivity contribution >= 4 is 22.0 Å². The maximum absolute atomic E-state index is 13.6. The first kappa shape index (κ1) is 25.2. The second kappa shape index (κ2) is 9.47. The number of likely N-dealkylation sites (N-methyl/N-ethyl adjacent to an activating group) is 1. The molecule has 3 amide bonds. The highest BCUT2D eigenvalue weighted by molar-refractivity contribution is 7.90. The van der Waals surface area contributed by atoms with Crippen LogP contribution >= 0.6 is 0 Å². The summed E-state index contributed by atoms with van der Waals surface area (Å²) in [6.45, 7) is 1.93. The number of fused-ring (bicyclic) bond motifs is 1. The van der Waals surface area contributed by atoms with Gasteiger partial charge in [0.2, 0.25) is 15.9 Å². The largest absolute Gasteiger partial charge is 0.327 e. The summed E-state index contributed by atoms with van der Waals surface area (Å²) >= 11 is 0. The number of imide groups is 1. The number of sulfonamides is 1. The molecule has 14 heteroatoms. The smallest absolute Gasteiger partial charge is 0.318 e. The third kappa shape index (κ3) is 4.93. The van der Waals surface area contributed by atoms with Crippen molar-refractivity contribution in [2.45, 2.75) is 55.1 Å². The van der Waals surface area contributed by atoms with E-state index in [-0.39, 0.29) is 36.5 Å². The molecule has 4 N–H and O–H groups in total. The zero-order valence-corrected chi connectivity index (χ0v) is 21.2. The van der Waals surface area contributed by atoms with Gasteiger partial charge in [0.15, 0.2) is 0 Å². The van der Waals surface area contributed by atoms with Gasteiger partial charge < -0.3 is 4.90 Å². The molecule has 5 unspecified atom stereocenters. The van der Waals surface area contributed by atoms with Crippen LogP contribution in [0.4, 0.5) is 9.18 Å². The van der Waals surface area contributed by atoms with Gasteiger partial charge in [0.05, 0.1) is 36.1 Å². The molecule has 3 saturated heterocycles. The number of amides is 3. The highest BCUT2D eigenvalue weighted by Crippen LogP contribution is 2.41. The molecule has 35 heavy (non-hydrogen) atoms. The van der Waals surface area contributed by atoms with Crippen molar-refractivity contribution in [3.63, 3.8) is 0 Å².